The number of hydrogen-bond acceptors (Lipinski definition) is 4. The van der Waals surface area contributed by atoms with Gasteiger partial charge in [0.05, 0.1) is 10.6 Å². The standard InChI is InChI=1S/C12H16N2O2S2/c1-3-7-17-8-6-14-18(15,16)11-4-5-12(13)10(2)9-11/h1,4-5,9,14H,6-8,13H2,2H3. The molecule has 0 amide bonds. The molecule has 98 valence electrons. The van der Waals surface area contributed by atoms with Gasteiger partial charge in [0.25, 0.3) is 0 Å². The van der Waals surface area contributed by atoms with Gasteiger partial charge in [-0.1, -0.05) is 5.92 Å². The highest BCUT2D eigenvalue weighted by Crippen LogP contribution is 2.16. The third kappa shape index (κ3) is 4.26. The number of thioether (sulfide) groups is 1. The van der Waals surface area contributed by atoms with Crippen molar-refractivity contribution in [2.75, 3.05) is 23.8 Å². The van der Waals surface area contributed by atoms with Crippen molar-refractivity contribution in [2.24, 2.45) is 0 Å². The molecule has 0 spiro atoms. The fourth-order valence-electron chi connectivity index (χ4n) is 1.28. The third-order valence-corrected chi connectivity index (χ3v) is 4.60. The number of terminal acetylenes is 1. The average molecular weight is 284 g/mol. The van der Waals surface area contributed by atoms with Crippen LogP contribution in [-0.4, -0.2) is 26.5 Å². The van der Waals surface area contributed by atoms with E-state index in [1.807, 2.05) is 0 Å². The first-order valence-electron chi connectivity index (χ1n) is 5.34. The highest BCUT2D eigenvalue weighted by atomic mass is 32.2. The van der Waals surface area contributed by atoms with Crippen molar-refractivity contribution in [3.8, 4) is 12.3 Å². The number of rotatable bonds is 6. The molecule has 1 rings (SSSR count). The van der Waals surface area contributed by atoms with Crippen LogP contribution in [-0.2, 0) is 10.0 Å². The van der Waals surface area contributed by atoms with E-state index in [2.05, 4.69) is 10.6 Å². The molecule has 0 aliphatic heterocycles. The van der Waals surface area contributed by atoms with Gasteiger partial charge in [-0.2, -0.15) is 0 Å². The number of aryl methyl sites for hydroxylation is 1. The number of anilines is 1. The van der Waals surface area contributed by atoms with Gasteiger partial charge in [-0.25, -0.2) is 13.1 Å². The number of sulfonamides is 1. The van der Waals surface area contributed by atoms with E-state index in [0.717, 1.165) is 5.56 Å². The molecule has 0 aromatic heterocycles. The number of benzene rings is 1. The van der Waals surface area contributed by atoms with E-state index in [1.54, 1.807) is 19.1 Å². The largest absolute Gasteiger partial charge is 0.399 e. The van der Waals surface area contributed by atoms with Crippen molar-refractivity contribution >= 4 is 27.5 Å². The maximum absolute atomic E-state index is 11.9. The van der Waals surface area contributed by atoms with E-state index < -0.39 is 10.0 Å². The molecule has 18 heavy (non-hydrogen) atoms. The van der Waals surface area contributed by atoms with Crippen LogP contribution in [0.2, 0.25) is 0 Å². The fourth-order valence-corrected chi connectivity index (χ4v) is 3.03. The van der Waals surface area contributed by atoms with Crippen LogP contribution in [0.5, 0.6) is 0 Å². The summed E-state index contributed by atoms with van der Waals surface area (Å²) in [5.74, 6) is 3.72. The third-order valence-electron chi connectivity index (χ3n) is 2.28. The molecule has 0 unspecified atom stereocenters. The lowest BCUT2D eigenvalue weighted by atomic mass is 10.2. The molecular formula is C12H16N2O2S2. The molecule has 0 radical (unpaired) electrons. The van der Waals surface area contributed by atoms with Crippen molar-refractivity contribution < 1.29 is 8.42 Å². The Balaban J connectivity index is 2.63. The molecule has 1 aromatic rings. The first-order chi connectivity index (χ1) is 8.47. The van der Waals surface area contributed by atoms with Crippen LogP contribution in [0.4, 0.5) is 5.69 Å². The molecule has 0 fully saturated rings. The molecule has 0 aliphatic rings. The topological polar surface area (TPSA) is 72.2 Å². The minimum atomic E-state index is -3.46. The van der Waals surface area contributed by atoms with E-state index in [-0.39, 0.29) is 4.90 Å². The average Bonchev–Trinajstić information content (AvgIpc) is 2.32. The summed E-state index contributed by atoms with van der Waals surface area (Å²) in [7, 11) is -3.46. The minimum absolute atomic E-state index is 0.233. The predicted molar refractivity (Wildman–Crippen MR) is 76.9 cm³/mol. The normalized spacial score (nSPS) is 11.1. The Morgan fingerprint density at radius 2 is 2.22 bits per heavy atom. The molecule has 0 bridgehead atoms. The first-order valence-corrected chi connectivity index (χ1v) is 7.98. The molecule has 4 nitrogen and oxygen atoms in total. The summed E-state index contributed by atoms with van der Waals surface area (Å²) in [5.41, 5.74) is 6.98. The zero-order valence-electron chi connectivity index (χ0n) is 10.1. The van der Waals surface area contributed by atoms with Crippen molar-refractivity contribution in [1.29, 1.82) is 0 Å². The van der Waals surface area contributed by atoms with Gasteiger partial charge in [0.15, 0.2) is 0 Å². The van der Waals surface area contributed by atoms with E-state index >= 15 is 0 Å². The lowest BCUT2D eigenvalue weighted by Gasteiger charge is -2.08. The summed E-state index contributed by atoms with van der Waals surface area (Å²) in [6, 6.07) is 4.66. The quantitative estimate of drug-likeness (QED) is 0.468. The van der Waals surface area contributed by atoms with Crippen molar-refractivity contribution in [2.45, 2.75) is 11.8 Å². The second-order valence-corrected chi connectivity index (χ2v) is 6.55. The van der Waals surface area contributed by atoms with E-state index in [9.17, 15) is 8.42 Å². The Bertz CT molecular complexity index is 548. The Morgan fingerprint density at radius 3 is 2.83 bits per heavy atom. The van der Waals surface area contributed by atoms with Crippen molar-refractivity contribution in [3.63, 3.8) is 0 Å². The number of nitrogens with one attached hydrogen (secondary N) is 1. The van der Waals surface area contributed by atoms with Gasteiger partial charge in [-0.15, -0.1) is 18.2 Å². The summed E-state index contributed by atoms with van der Waals surface area (Å²) in [5, 5.41) is 0. The van der Waals surface area contributed by atoms with Crippen LogP contribution in [0.15, 0.2) is 23.1 Å². The number of nitrogens with two attached hydrogens (primary N) is 1. The maximum Gasteiger partial charge on any atom is 0.240 e. The van der Waals surface area contributed by atoms with Gasteiger partial charge in [-0.3, -0.25) is 0 Å². The van der Waals surface area contributed by atoms with Crippen LogP contribution in [0.1, 0.15) is 5.56 Å². The SMILES string of the molecule is C#CCSCCNS(=O)(=O)c1ccc(N)c(C)c1. The molecule has 0 aliphatic carbocycles. The van der Waals surface area contributed by atoms with Crippen LogP contribution in [0.25, 0.3) is 0 Å². The minimum Gasteiger partial charge on any atom is -0.399 e. The summed E-state index contributed by atoms with van der Waals surface area (Å²) in [6.07, 6.45) is 5.10. The van der Waals surface area contributed by atoms with Crippen LogP contribution >= 0.6 is 11.8 Å². The zero-order chi connectivity index (χ0) is 13.6. The summed E-state index contributed by atoms with van der Waals surface area (Å²) in [4.78, 5) is 0.233. The molecule has 1 aromatic carbocycles. The highest BCUT2D eigenvalue weighted by Gasteiger charge is 2.13. The predicted octanol–water partition coefficient (Wildman–Crippen LogP) is 1.22. The monoisotopic (exact) mass is 284 g/mol. The Kier molecular flexibility index (Phi) is 5.54. The highest BCUT2D eigenvalue weighted by molar-refractivity contribution is 7.99. The van der Waals surface area contributed by atoms with Crippen molar-refractivity contribution in [1.82, 2.24) is 4.72 Å². The van der Waals surface area contributed by atoms with E-state index in [4.69, 9.17) is 12.2 Å². The van der Waals surface area contributed by atoms with Crippen LogP contribution in [0, 0.1) is 19.3 Å². The van der Waals surface area contributed by atoms with E-state index in [0.29, 0.717) is 23.7 Å². The second kappa shape index (κ2) is 6.69. The fraction of sp³-hybridized carbons (Fsp3) is 0.333. The molecule has 0 atom stereocenters. The molecular weight excluding hydrogens is 268 g/mol. The summed E-state index contributed by atoms with van der Waals surface area (Å²) >= 11 is 1.51. The summed E-state index contributed by atoms with van der Waals surface area (Å²) in [6.45, 7) is 2.13. The second-order valence-electron chi connectivity index (χ2n) is 3.67. The van der Waals surface area contributed by atoms with Gasteiger partial charge >= 0.3 is 0 Å². The molecule has 0 saturated carbocycles. The zero-order valence-corrected chi connectivity index (χ0v) is 11.8. The Labute approximate surface area is 112 Å². The lowest BCUT2D eigenvalue weighted by Crippen LogP contribution is -2.26. The Morgan fingerprint density at radius 1 is 1.50 bits per heavy atom. The van der Waals surface area contributed by atoms with Gasteiger partial charge in [0.2, 0.25) is 10.0 Å². The molecule has 3 N–H and O–H groups in total. The number of hydrogen-bond donors (Lipinski definition) is 2. The lowest BCUT2D eigenvalue weighted by molar-refractivity contribution is 0.584. The van der Waals surface area contributed by atoms with Gasteiger partial charge < -0.3 is 5.73 Å². The van der Waals surface area contributed by atoms with Crippen molar-refractivity contribution in [3.05, 3.63) is 23.8 Å². The van der Waals surface area contributed by atoms with Crippen LogP contribution in [0.3, 0.4) is 0 Å². The van der Waals surface area contributed by atoms with Gasteiger partial charge in [-0.05, 0) is 30.7 Å². The molecule has 0 heterocycles. The smallest absolute Gasteiger partial charge is 0.240 e. The summed E-state index contributed by atoms with van der Waals surface area (Å²) < 4.78 is 26.4. The van der Waals surface area contributed by atoms with Crippen LogP contribution < -0.4 is 10.5 Å². The van der Waals surface area contributed by atoms with Gasteiger partial charge in [0.1, 0.15) is 0 Å². The maximum atomic E-state index is 11.9. The van der Waals surface area contributed by atoms with Gasteiger partial charge in [0, 0.05) is 18.0 Å². The first kappa shape index (κ1) is 14.9. The molecule has 0 saturated heterocycles. The molecule has 6 heteroatoms. The van der Waals surface area contributed by atoms with E-state index in [1.165, 1.54) is 17.8 Å². The number of nitrogen functional groups attached to an aromatic ring is 1. The Hall–Kier alpha value is -1.16.